The second-order valence-electron chi connectivity index (χ2n) is 1.59. The van der Waals surface area contributed by atoms with Gasteiger partial charge in [0.05, 0.1) is 6.26 Å². The molecule has 0 atom stereocenters. The predicted octanol–water partition coefficient (Wildman–Crippen LogP) is -2.09. The fourth-order valence-corrected chi connectivity index (χ4v) is 0.677. The average Bonchev–Trinajstić information content (AvgIpc) is 1.79. The Morgan fingerprint density at radius 3 is 2.36 bits per heavy atom. The Morgan fingerprint density at radius 1 is 1.45 bits per heavy atom. The number of carbonyl (C=O) groups excluding carboxylic acids is 2. The minimum atomic E-state index is -3.57. The van der Waals surface area contributed by atoms with Gasteiger partial charge in [-0.15, -0.1) is 0 Å². The SMILES string of the molecule is CS(=O)(=O)NC(=O)NNC=O. The van der Waals surface area contributed by atoms with Crippen LogP contribution < -0.4 is 15.6 Å². The Labute approximate surface area is 63.2 Å². The van der Waals surface area contributed by atoms with E-state index in [0.29, 0.717) is 0 Å². The standard InChI is InChI=1S/C3H7N3O4S/c1-11(9,10)6-3(8)5-4-2-7/h2H,1H3,(H,4,7)(H2,5,6,8). The lowest BCUT2D eigenvalue weighted by atomic mass is 11.1. The number of hydrogen-bond donors (Lipinski definition) is 3. The summed E-state index contributed by atoms with van der Waals surface area (Å²) in [5.74, 6) is 0. The molecule has 0 aliphatic heterocycles. The van der Waals surface area contributed by atoms with Gasteiger partial charge in [0, 0.05) is 0 Å². The van der Waals surface area contributed by atoms with Crippen LogP contribution in [-0.4, -0.2) is 27.1 Å². The number of hydrogen-bond acceptors (Lipinski definition) is 4. The van der Waals surface area contributed by atoms with Crippen molar-refractivity contribution in [3.8, 4) is 0 Å². The van der Waals surface area contributed by atoms with Crippen molar-refractivity contribution < 1.29 is 18.0 Å². The fraction of sp³-hybridized carbons (Fsp3) is 0.333. The van der Waals surface area contributed by atoms with Gasteiger partial charge in [-0.3, -0.25) is 10.2 Å². The number of urea groups is 1. The number of nitrogens with one attached hydrogen (secondary N) is 3. The quantitative estimate of drug-likeness (QED) is 0.343. The zero-order valence-corrected chi connectivity index (χ0v) is 6.44. The van der Waals surface area contributed by atoms with Crippen molar-refractivity contribution in [3.05, 3.63) is 0 Å². The molecule has 11 heavy (non-hydrogen) atoms. The van der Waals surface area contributed by atoms with Crippen LogP contribution in [0.4, 0.5) is 4.79 Å². The molecule has 0 spiro atoms. The first-order valence-corrected chi connectivity index (χ1v) is 4.32. The molecule has 0 heterocycles. The molecular weight excluding hydrogens is 174 g/mol. The Hall–Kier alpha value is -1.31. The maximum Gasteiger partial charge on any atom is 0.347 e. The van der Waals surface area contributed by atoms with Gasteiger partial charge >= 0.3 is 6.03 Å². The van der Waals surface area contributed by atoms with Crippen LogP contribution in [0, 0.1) is 0 Å². The van der Waals surface area contributed by atoms with Gasteiger partial charge in [-0.2, -0.15) is 0 Å². The van der Waals surface area contributed by atoms with E-state index < -0.39 is 16.1 Å². The summed E-state index contributed by atoms with van der Waals surface area (Å²) in [5.41, 5.74) is 3.51. The predicted molar refractivity (Wildman–Crippen MR) is 35.7 cm³/mol. The molecule has 0 saturated heterocycles. The summed E-state index contributed by atoms with van der Waals surface area (Å²) in [5, 5.41) is 0. The summed E-state index contributed by atoms with van der Waals surface area (Å²) in [4.78, 5) is 20.0. The summed E-state index contributed by atoms with van der Waals surface area (Å²) >= 11 is 0. The molecule has 0 aromatic rings. The third kappa shape index (κ3) is 6.58. The summed E-state index contributed by atoms with van der Waals surface area (Å²) in [6.07, 6.45) is 1.01. The lowest BCUT2D eigenvalue weighted by molar-refractivity contribution is -0.110. The van der Waals surface area contributed by atoms with E-state index in [0.717, 1.165) is 6.26 Å². The molecule has 0 aliphatic carbocycles. The number of rotatable bonds is 3. The Kier molecular flexibility index (Phi) is 3.31. The number of hydrazine groups is 1. The topological polar surface area (TPSA) is 104 Å². The normalized spacial score (nSPS) is 9.91. The number of carbonyl (C=O) groups is 2. The van der Waals surface area contributed by atoms with Crippen LogP contribution in [0.15, 0.2) is 0 Å². The molecule has 0 saturated carbocycles. The minimum Gasteiger partial charge on any atom is -0.277 e. The molecular formula is C3H7N3O4S. The molecule has 7 nitrogen and oxygen atoms in total. The molecule has 64 valence electrons. The molecule has 0 unspecified atom stereocenters. The molecule has 0 aliphatic rings. The Balaban J connectivity index is 3.80. The third-order valence-corrected chi connectivity index (χ3v) is 1.08. The van der Waals surface area contributed by atoms with E-state index in [1.807, 2.05) is 0 Å². The van der Waals surface area contributed by atoms with E-state index in [1.54, 1.807) is 15.6 Å². The lowest BCUT2D eigenvalue weighted by Crippen LogP contribution is -2.45. The first-order valence-electron chi connectivity index (χ1n) is 2.42. The van der Waals surface area contributed by atoms with Crippen molar-refractivity contribution in [2.75, 3.05) is 6.26 Å². The molecule has 0 aromatic carbocycles. The maximum absolute atomic E-state index is 10.4. The highest BCUT2D eigenvalue weighted by atomic mass is 32.2. The van der Waals surface area contributed by atoms with Gasteiger partial charge in [0.15, 0.2) is 0 Å². The van der Waals surface area contributed by atoms with Gasteiger partial charge in [0.25, 0.3) is 0 Å². The van der Waals surface area contributed by atoms with Crippen molar-refractivity contribution in [2.45, 2.75) is 0 Å². The highest BCUT2D eigenvalue weighted by Gasteiger charge is 2.05. The third-order valence-electron chi connectivity index (χ3n) is 0.523. The summed E-state index contributed by atoms with van der Waals surface area (Å²) in [6, 6.07) is -1.01. The van der Waals surface area contributed by atoms with Crippen LogP contribution in [0.1, 0.15) is 0 Å². The van der Waals surface area contributed by atoms with Gasteiger partial charge in [-0.05, 0) is 0 Å². The smallest absolute Gasteiger partial charge is 0.277 e. The fourth-order valence-electron chi connectivity index (χ4n) is 0.289. The Morgan fingerprint density at radius 2 is 2.00 bits per heavy atom. The van der Waals surface area contributed by atoms with Crippen molar-refractivity contribution in [1.82, 2.24) is 15.6 Å². The van der Waals surface area contributed by atoms with Gasteiger partial charge in [-0.1, -0.05) is 0 Å². The molecule has 0 aromatic heterocycles. The largest absolute Gasteiger partial charge is 0.347 e. The zero-order valence-electron chi connectivity index (χ0n) is 5.62. The zero-order chi connectivity index (χ0) is 8.91. The molecule has 0 bridgehead atoms. The van der Waals surface area contributed by atoms with Crippen LogP contribution >= 0.6 is 0 Å². The highest BCUT2D eigenvalue weighted by Crippen LogP contribution is 1.71. The molecule has 0 rings (SSSR count). The van der Waals surface area contributed by atoms with E-state index in [-0.39, 0.29) is 6.41 Å². The van der Waals surface area contributed by atoms with Crippen LogP contribution in [0.25, 0.3) is 0 Å². The first kappa shape index (κ1) is 9.69. The second kappa shape index (κ2) is 3.76. The van der Waals surface area contributed by atoms with Gasteiger partial charge in [0.1, 0.15) is 0 Å². The van der Waals surface area contributed by atoms with E-state index in [2.05, 4.69) is 0 Å². The average molecular weight is 181 g/mol. The van der Waals surface area contributed by atoms with Crippen molar-refractivity contribution >= 4 is 22.5 Å². The number of sulfonamides is 1. The summed E-state index contributed by atoms with van der Waals surface area (Å²) in [6.45, 7) is 0. The first-order chi connectivity index (χ1) is 4.95. The van der Waals surface area contributed by atoms with Crippen LogP contribution in [-0.2, 0) is 14.8 Å². The summed E-state index contributed by atoms with van der Waals surface area (Å²) < 4.78 is 22.2. The monoisotopic (exact) mass is 181 g/mol. The molecule has 3 N–H and O–H groups in total. The van der Waals surface area contributed by atoms with Gasteiger partial charge < -0.3 is 0 Å². The van der Waals surface area contributed by atoms with Crippen molar-refractivity contribution in [3.63, 3.8) is 0 Å². The molecule has 8 heteroatoms. The van der Waals surface area contributed by atoms with Crippen LogP contribution in [0.2, 0.25) is 0 Å². The van der Waals surface area contributed by atoms with E-state index in [9.17, 15) is 18.0 Å². The van der Waals surface area contributed by atoms with Crippen LogP contribution in [0.5, 0.6) is 0 Å². The van der Waals surface area contributed by atoms with Gasteiger partial charge in [-0.25, -0.2) is 23.4 Å². The molecule has 0 fully saturated rings. The van der Waals surface area contributed by atoms with E-state index in [1.165, 1.54) is 0 Å². The van der Waals surface area contributed by atoms with Crippen LogP contribution in [0.3, 0.4) is 0 Å². The van der Waals surface area contributed by atoms with E-state index >= 15 is 0 Å². The van der Waals surface area contributed by atoms with Crippen molar-refractivity contribution in [2.24, 2.45) is 0 Å². The van der Waals surface area contributed by atoms with Crippen molar-refractivity contribution in [1.29, 1.82) is 0 Å². The molecule has 3 amide bonds. The van der Waals surface area contributed by atoms with Gasteiger partial charge in [0.2, 0.25) is 16.4 Å². The van der Waals surface area contributed by atoms with E-state index in [4.69, 9.17) is 0 Å². The minimum absolute atomic E-state index is 0.196. The maximum atomic E-state index is 10.4. The molecule has 0 radical (unpaired) electrons. The summed E-state index contributed by atoms with van der Waals surface area (Å²) in [7, 11) is -3.57. The highest BCUT2D eigenvalue weighted by molar-refractivity contribution is 7.89. The Bertz CT molecular complexity index is 245. The second-order valence-corrected chi connectivity index (χ2v) is 3.34. The lowest BCUT2D eigenvalue weighted by Gasteiger charge is -2.02. The number of amides is 3.